The molecule has 1 heterocycles. The fraction of sp³-hybridized carbons (Fsp3) is 0.583. The SMILES string of the molecule is Cc1cc(NC(C)C(C)(C)C)ccn1. The molecule has 1 rings (SSSR count). The smallest absolute Gasteiger partial charge is 0.0393 e. The van der Waals surface area contributed by atoms with Gasteiger partial charge in [-0.25, -0.2) is 0 Å². The molecule has 1 aromatic heterocycles. The minimum atomic E-state index is 0.275. The van der Waals surface area contributed by atoms with Crippen molar-refractivity contribution in [2.24, 2.45) is 5.41 Å². The average Bonchev–Trinajstić information content (AvgIpc) is 2.02. The van der Waals surface area contributed by atoms with Gasteiger partial charge in [0.2, 0.25) is 0 Å². The number of pyridine rings is 1. The molecule has 1 atom stereocenters. The van der Waals surface area contributed by atoms with Crippen molar-refractivity contribution < 1.29 is 0 Å². The fourth-order valence-electron chi connectivity index (χ4n) is 1.10. The van der Waals surface area contributed by atoms with E-state index in [9.17, 15) is 0 Å². The van der Waals surface area contributed by atoms with Gasteiger partial charge >= 0.3 is 0 Å². The lowest BCUT2D eigenvalue weighted by atomic mass is 9.88. The largest absolute Gasteiger partial charge is 0.382 e. The Balaban J connectivity index is 2.70. The van der Waals surface area contributed by atoms with Gasteiger partial charge in [-0.2, -0.15) is 0 Å². The van der Waals surface area contributed by atoms with E-state index in [1.807, 2.05) is 19.2 Å². The van der Waals surface area contributed by atoms with Crippen molar-refractivity contribution in [2.75, 3.05) is 5.32 Å². The van der Waals surface area contributed by atoms with Gasteiger partial charge in [0.15, 0.2) is 0 Å². The van der Waals surface area contributed by atoms with Gasteiger partial charge in [0.25, 0.3) is 0 Å². The predicted octanol–water partition coefficient (Wildman–Crippen LogP) is 3.24. The molecular formula is C12H20N2. The second-order valence-electron chi connectivity index (χ2n) is 4.92. The molecular weight excluding hydrogens is 172 g/mol. The molecule has 0 amide bonds. The lowest BCUT2D eigenvalue weighted by Gasteiger charge is -2.29. The molecule has 0 fully saturated rings. The van der Waals surface area contributed by atoms with Crippen LogP contribution >= 0.6 is 0 Å². The highest BCUT2D eigenvalue weighted by molar-refractivity contribution is 5.44. The highest BCUT2D eigenvalue weighted by atomic mass is 14.9. The van der Waals surface area contributed by atoms with Crippen molar-refractivity contribution in [1.29, 1.82) is 0 Å². The molecule has 14 heavy (non-hydrogen) atoms. The van der Waals surface area contributed by atoms with Crippen molar-refractivity contribution in [3.63, 3.8) is 0 Å². The van der Waals surface area contributed by atoms with E-state index in [2.05, 4.69) is 44.1 Å². The van der Waals surface area contributed by atoms with E-state index in [4.69, 9.17) is 0 Å². The Kier molecular flexibility index (Phi) is 3.14. The van der Waals surface area contributed by atoms with Crippen LogP contribution in [0.15, 0.2) is 18.3 Å². The number of rotatable bonds is 2. The number of anilines is 1. The maximum Gasteiger partial charge on any atom is 0.0393 e. The first-order valence-corrected chi connectivity index (χ1v) is 5.09. The van der Waals surface area contributed by atoms with Crippen LogP contribution < -0.4 is 5.32 Å². The summed E-state index contributed by atoms with van der Waals surface area (Å²) in [6, 6.07) is 4.53. The van der Waals surface area contributed by atoms with Crippen molar-refractivity contribution in [3.05, 3.63) is 24.0 Å². The van der Waals surface area contributed by atoms with Crippen molar-refractivity contribution in [2.45, 2.75) is 40.7 Å². The summed E-state index contributed by atoms with van der Waals surface area (Å²) in [5.74, 6) is 0. The molecule has 1 N–H and O–H groups in total. The Morgan fingerprint density at radius 3 is 2.50 bits per heavy atom. The van der Waals surface area contributed by atoms with Crippen LogP contribution in [-0.4, -0.2) is 11.0 Å². The zero-order valence-electron chi connectivity index (χ0n) is 9.76. The van der Waals surface area contributed by atoms with Crippen LogP contribution in [0.4, 0.5) is 5.69 Å². The molecule has 2 heteroatoms. The average molecular weight is 192 g/mol. The Hall–Kier alpha value is -1.05. The Morgan fingerprint density at radius 1 is 1.36 bits per heavy atom. The summed E-state index contributed by atoms with van der Waals surface area (Å²) in [6.07, 6.45) is 1.84. The van der Waals surface area contributed by atoms with Gasteiger partial charge in [-0.05, 0) is 31.4 Å². The van der Waals surface area contributed by atoms with Gasteiger partial charge < -0.3 is 5.32 Å². The Labute approximate surface area is 86.8 Å². The fourth-order valence-corrected chi connectivity index (χ4v) is 1.10. The molecule has 1 unspecified atom stereocenters. The second-order valence-corrected chi connectivity index (χ2v) is 4.92. The summed E-state index contributed by atoms with van der Waals surface area (Å²) in [5, 5.41) is 3.48. The molecule has 78 valence electrons. The molecule has 1 aromatic rings. The van der Waals surface area contributed by atoms with Crippen LogP contribution in [0.5, 0.6) is 0 Å². The zero-order valence-corrected chi connectivity index (χ0v) is 9.76. The van der Waals surface area contributed by atoms with Crippen molar-refractivity contribution in [1.82, 2.24) is 4.98 Å². The van der Waals surface area contributed by atoms with E-state index in [-0.39, 0.29) is 5.41 Å². The Bertz CT molecular complexity index is 299. The molecule has 0 aliphatic carbocycles. The normalized spacial score (nSPS) is 13.8. The molecule has 0 aromatic carbocycles. The van der Waals surface area contributed by atoms with Gasteiger partial charge in [0.1, 0.15) is 0 Å². The summed E-state index contributed by atoms with van der Waals surface area (Å²) in [6.45, 7) is 10.9. The zero-order chi connectivity index (χ0) is 10.8. The number of hydrogen-bond donors (Lipinski definition) is 1. The van der Waals surface area contributed by atoms with Gasteiger partial charge in [0.05, 0.1) is 0 Å². The molecule has 0 radical (unpaired) electrons. The van der Waals surface area contributed by atoms with Crippen LogP contribution in [0, 0.1) is 12.3 Å². The molecule has 0 aliphatic heterocycles. The first-order valence-electron chi connectivity index (χ1n) is 5.09. The number of nitrogens with zero attached hydrogens (tertiary/aromatic N) is 1. The van der Waals surface area contributed by atoms with Crippen LogP contribution in [0.25, 0.3) is 0 Å². The van der Waals surface area contributed by atoms with E-state index in [0.717, 1.165) is 11.4 Å². The summed E-state index contributed by atoms with van der Waals surface area (Å²) in [7, 11) is 0. The first kappa shape index (κ1) is 11.0. The predicted molar refractivity (Wildman–Crippen MR) is 61.5 cm³/mol. The van der Waals surface area contributed by atoms with Gasteiger partial charge in [-0.3, -0.25) is 4.98 Å². The number of aryl methyl sites for hydroxylation is 1. The van der Waals surface area contributed by atoms with Crippen LogP contribution in [0.2, 0.25) is 0 Å². The third-order valence-corrected chi connectivity index (χ3v) is 2.58. The summed E-state index contributed by atoms with van der Waals surface area (Å²) in [5.41, 5.74) is 2.48. The molecule has 0 aliphatic rings. The van der Waals surface area contributed by atoms with Gasteiger partial charge in [0, 0.05) is 23.6 Å². The second kappa shape index (κ2) is 3.99. The minimum Gasteiger partial charge on any atom is -0.382 e. The Morgan fingerprint density at radius 2 is 2.00 bits per heavy atom. The van der Waals surface area contributed by atoms with E-state index in [0.29, 0.717) is 6.04 Å². The van der Waals surface area contributed by atoms with Crippen LogP contribution in [0.1, 0.15) is 33.4 Å². The van der Waals surface area contributed by atoms with Crippen molar-refractivity contribution in [3.8, 4) is 0 Å². The number of hydrogen-bond acceptors (Lipinski definition) is 2. The van der Waals surface area contributed by atoms with E-state index >= 15 is 0 Å². The van der Waals surface area contributed by atoms with Crippen LogP contribution in [-0.2, 0) is 0 Å². The first-order chi connectivity index (χ1) is 6.39. The number of nitrogens with one attached hydrogen (secondary N) is 1. The highest BCUT2D eigenvalue weighted by Gasteiger charge is 2.19. The summed E-state index contributed by atoms with van der Waals surface area (Å²) >= 11 is 0. The quantitative estimate of drug-likeness (QED) is 0.778. The minimum absolute atomic E-state index is 0.275. The molecule has 0 spiro atoms. The highest BCUT2D eigenvalue weighted by Crippen LogP contribution is 2.22. The third kappa shape index (κ3) is 3.02. The summed E-state index contributed by atoms with van der Waals surface area (Å²) in [4.78, 5) is 4.17. The van der Waals surface area contributed by atoms with E-state index in [1.54, 1.807) is 0 Å². The monoisotopic (exact) mass is 192 g/mol. The maximum atomic E-state index is 4.17. The van der Waals surface area contributed by atoms with Crippen molar-refractivity contribution >= 4 is 5.69 Å². The van der Waals surface area contributed by atoms with E-state index in [1.165, 1.54) is 0 Å². The topological polar surface area (TPSA) is 24.9 Å². The summed E-state index contributed by atoms with van der Waals surface area (Å²) < 4.78 is 0. The molecule has 0 saturated carbocycles. The van der Waals surface area contributed by atoms with Gasteiger partial charge in [-0.15, -0.1) is 0 Å². The molecule has 0 bridgehead atoms. The van der Waals surface area contributed by atoms with Gasteiger partial charge in [-0.1, -0.05) is 20.8 Å². The van der Waals surface area contributed by atoms with Crippen LogP contribution in [0.3, 0.4) is 0 Å². The number of aromatic nitrogens is 1. The molecule has 2 nitrogen and oxygen atoms in total. The van der Waals surface area contributed by atoms with E-state index < -0.39 is 0 Å². The third-order valence-electron chi connectivity index (χ3n) is 2.58. The lowest BCUT2D eigenvalue weighted by Crippen LogP contribution is -2.30. The lowest BCUT2D eigenvalue weighted by molar-refractivity contribution is 0.359. The molecule has 0 saturated heterocycles. The standard InChI is InChI=1S/C12H20N2/c1-9-8-11(6-7-13-9)14-10(2)12(3,4)5/h6-8,10H,1-5H3,(H,13,14). The maximum absolute atomic E-state index is 4.17.